The summed E-state index contributed by atoms with van der Waals surface area (Å²) in [5.74, 6) is 1.69. The lowest BCUT2D eigenvalue weighted by molar-refractivity contribution is -0.367. The van der Waals surface area contributed by atoms with Crippen LogP contribution in [0.3, 0.4) is 0 Å². The molecule has 1 saturated heterocycles. The Balaban J connectivity index is 1.70. The number of benzene rings is 1. The maximum atomic E-state index is 12.5. The van der Waals surface area contributed by atoms with E-state index in [1.165, 1.54) is 0 Å². The number of ether oxygens (including phenoxy) is 1. The Labute approximate surface area is 149 Å². The number of anilines is 1. The Kier molecular flexibility index (Phi) is 5.24. The van der Waals surface area contributed by atoms with Crippen molar-refractivity contribution in [3.8, 4) is 5.75 Å². The van der Waals surface area contributed by atoms with Crippen LogP contribution in [0.1, 0.15) is 18.4 Å². The molecule has 2 heterocycles. The zero-order valence-electron chi connectivity index (χ0n) is 14.6. The molecule has 7 heteroatoms. The van der Waals surface area contributed by atoms with Crippen LogP contribution in [0.15, 0.2) is 47.5 Å². The van der Waals surface area contributed by atoms with E-state index in [0.717, 1.165) is 30.0 Å². The van der Waals surface area contributed by atoms with Gasteiger partial charge in [0.25, 0.3) is 5.82 Å². The number of hydrogen-bond acceptors (Lipinski definition) is 4. The maximum Gasteiger partial charge on any atom is 0.274 e. The van der Waals surface area contributed by atoms with Crippen LogP contribution in [0.4, 0.5) is 5.82 Å². The molecule has 1 aromatic carbocycles. The number of pyridine rings is 1. The fraction of sp³-hybridized carbons (Fsp3) is 0.389. The average Bonchev–Trinajstić information content (AvgIpc) is 3.18. The molecule has 0 atom stereocenters. The summed E-state index contributed by atoms with van der Waals surface area (Å²) in [6.07, 6.45) is 3.45. The predicted octanol–water partition coefficient (Wildman–Crippen LogP) is 1.93. The molecule has 0 radical (unpaired) electrons. The highest BCUT2D eigenvalue weighted by Gasteiger charge is 2.28. The molecule has 1 aliphatic rings. The van der Waals surface area contributed by atoms with Gasteiger partial charge >= 0.3 is 0 Å². The molecule has 0 unspecified atom stereocenters. The van der Waals surface area contributed by atoms with E-state index in [2.05, 4.69) is 4.98 Å². The molecular formula is C18H24N3O3S+. The smallest absolute Gasteiger partial charge is 0.274 e. The third kappa shape index (κ3) is 3.93. The molecule has 25 heavy (non-hydrogen) atoms. The van der Waals surface area contributed by atoms with Gasteiger partial charge in [0.2, 0.25) is 10.0 Å². The fourth-order valence-electron chi connectivity index (χ4n) is 2.97. The molecule has 1 aliphatic heterocycles. The summed E-state index contributed by atoms with van der Waals surface area (Å²) < 4.78 is 31.8. The largest absolute Gasteiger partial charge is 0.497 e. The highest BCUT2D eigenvalue weighted by Crippen LogP contribution is 2.21. The van der Waals surface area contributed by atoms with E-state index in [9.17, 15) is 8.42 Å². The molecule has 2 aromatic rings. The summed E-state index contributed by atoms with van der Waals surface area (Å²) in [5, 5.41) is 0. The van der Waals surface area contributed by atoms with Crippen molar-refractivity contribution >= 4 is 15.8 Å². The highest BCUT2D eigenvalue weighted by molar-refractivity contribution is 7.89. The Morgan fingerprint density at radius 3 is 2.36 bits per heavy atom. The zero-order chi connectivity index (χ0) is 17.9. The Bertz CT molecular complexity index is 798. The molecule has 6 nitrogen and oxygen atoms in total. The third-order valence-electron chi connectivity index (χ3n) is 4.46. The van der Waals surface area contributed by atoms with Crippen molar-refractivity contribution in [1.82, 2.24) is 4.31 Å². The van der Waals surface area contributed by atoms with Crippen molar-refractivity contribution in [2.45, 2.75) is 24.3 Å². The van der Waals surface area contributed by atoms with E-state index in [1.807, 2.05) is 42.3 Å². The number of hydrogen-bond donors (Lipinski definition) is 0. The van der Waals surface area contributed by atoms with Crippen LogP contribution in [-0.2, 0) is 16.6 Å². The quantitative estimate of drug-likeness (QED) is 0.788. The Morgan fingerprint density at radius 2 is 1.80 bits per heavy atom. The van der Waals surface area contributed by atoms with Crippen LogP contribution >= 0.6 is 0 Å². The number of rotatable bonds is 6. The first-order valence-electron chi connectivity index (χ1n) is 8.36. The van der Waals surface area contributed by atoms with Crippen molar-refractivity contribution in [1.29, 1.82) is 0 Å². The van der Waals surface area contributed by atoms with Crippen molar-refractivity contribution < 1.29 is 18.1 Å². The maximum absolute atomic E-state index is 12.5. The van der Waals surface area contributed by atoms with Gasteiger partial charge in [0.1, 0.15) is 23.4 Å². The summed E-state index contributed by atoms with van der Waals surface area (Å²) in [6.45, 7) is 1.93. The molecule has 0 saturated carbocycles. The van der Waals surface area contributed by atoms with Crippen LogP contribution in [0.5, 0.6) is 5.75 Å². The SMILES string of the molecule is COc1ccc(CN(C)c2ccc(S(=O)(=O)N3CCCC3)c[nH+]2)cc1. The standard InChI is InChI=1S/C18H23N3O3S/c1-20(14-15-5-7-16(24-2)8-6-15)18-10-9-17(13-19-18)25(22,23)21-11-3-4-12-21/h5-10,13H,3-4,11-12,14H2,1-2H3/p+1. The zero-order valence-corrected chi connectivity index (χ0v) is 15.4. The number of aromatic nitrogens is 1. The van der Waals surface area contributed by atoms with Gasteiger partial charge in [-0.2, -0.15) is 4.31 Å². The van der Waals surface area contributed by atoms with Gasteiger partial charge in [0.05, 0.1) is 14.2 Å². The monoisotopic (exact) mass is 362 g/mol. The molecule has 0 spiro atoms. The molecule has 1 N–H and O–H groups in total. The first kappa shape index (κ1) is 17.7. The second-order valence-electron chi connectivity index (χ2n) is 6.22. The third-order valence-corrected chi connectivity index (χ3v) is 6.36. The molecule has 0 bridgehead atoms. The van der Waals surface area contributed by atoms with E-state index >= 15 is 0 Å². The summed E-state index contributed by atoms with van der Waals surface area (Å²) >= 11 is 0. The second-order valence-corrected chi connectivity index (χ2v) is 8.16. The van der Waals surface area contributed by atoms with E-state index in [4.69, 9.17) is 4.74 Å². The second kappa shape index (κ2) is 7.41. The molecule has 1 aromatic heterocycles. The molecular weight excluding hydrogens is 338 g/mol. The molecule has 134 valence electrons. The van der Waals surface area contributed by atoms with Gasteiger partial charge in [0, 0.05) is 19.2 Å². The molecule has 0 aliphatic carbocycles. The summed E-state index contributed by atoms with van der Waals surface area (Å²) in [7, 11) is 0.232. The first-order chi connectivity index (χ1) is 12.0. The Morgan fingerprint density at radius 1 is 1.12 bits per heavy atom. The fourth-order valence-corrected chi connectivity index (χ4v) is 4.45. The van der Waals surface area contributed by atoms with Gasteiger partial charge in [-0.3, -0.25) is 4.90 Å². The van der Waals surface area contributed by atoms with Crippen molar-refractivity contribution in [3.05, 3.63) is 48.2 Å². The molecule has 1 fully saturated rings. The van der Waals surface area contributed by atoms with E-state index in [-0.39, 0.29) is 0 Å². The van der Waals surface area contributed by atoms with E-state index < -0.39 is 10.0 Å². The highest BCUT2D eigenvalue weighted by atomic mass is 32.2. The van der Waals surface area contributed by atoms with Crippen molar-refractivity contribution in [2.24, 2.45) is 0 Å². The van der Waals surface area contributed by atoms with Crippen molar-refractivity contribution in [3.63, 3.8) is 0 Å². The van der Waals surface area contributed by atoms with Gasteiger partial charge in [-0.25, -0.2) is 13.4 Å². The number of H-pyrrole nitrogens is 1. The summed E-state index contributed by atoms with van der Waals surface area (Å²) in [5.41, 5.74) is 1.14. The topological polar surface area (TPSA) is 64.0 Å². The van der Waals surface area contributed by atoms with Crippen LogP contribution in [-0.4, -0.2) is 40.0 Å². The van der Waals surface area contributed by atoms with Crippen molar-refractivity contribution in [2.75, 3.05) is 32.1 Å². The number of sulfonamides is 1. The molecule has 3 rings (SSSR count). The van der Waals surface area contributed by atoms with E-state index in [1.54, 1.807) is 23.7 Å². The minimum absolute atomic E-state index is 0.316. The summed E-state index contributed by atoms with van der Waals surface area (Å²) in [4.78, 5) is 5.46. The van der Waals surface area contributed by atoms with Gasteiger partial charge in [-0.1, -0.05) is 12.1 Å². The number of nitrogens with one attached hydrogen (secondary N) is 1. The first-order valence-corrected chi connectivity index (χ1v) is 9.80. The van der Waals surface area contributed by atoms with Gasteiger partial charge < -0.3 is 4.74 Å². The molecule has 0 amide bonds. The van der Waals surface area contributed by atoms with Gasteiger partial charge in [0.15, 0.2) is 0 Å². The number of aromatic amines is 1. The lowest BCUT2D eigenvalue weighted by Gasteiger charge is -2.15. The Hall–Kier alpha value is -2.12. The van der Waals surface area contributed by atoms with Crippen LogP contribution < -0.4 is 14.6 Å². The number of nitrogens with zero attached hydrogens (tertiary/aromatic N) is 2. The minimum Gasteiger partial charge on any atom is -0.497 e. The van der Waals surface area contributed by atoms with Gasteiger partial charge in [-0.15, -0.1) is 0 Å². The summed E-state index contributed by atoms with van der Waals surface area (Å²) in [6, 6.07) is 11.4. The van der Waals surface area contributed by atoms with Crippen LogP contribution in [0.2, 0.25) is 0 Å². The van der Waals surface area contributed by atoms with Crippen LogP contribution in [0, 0.1) is 0 Å². The van der Waals surface area contributed by atoms with Crippen LogP contribution in [0.25, 0.3) is 0 Å². The van der Waals surface area contributed by atoms with E-state index in [0.29, 0.717) is 24.5 Å². The predicted molar refractivity (Wildman–Crippen MR) is 96.1 cm³/mol. The minimum atomic E-state index is -3.38. The normalized spacial score (nSPS) is 15.3. The number of methoxy groups -OCH3 is 1. The lowest BCUT2D eigenvalue weighted by Crippen LogP contribution is -2.30. The average molecular weight is 362 g/mol. The lowest BCUT2D eigenvalue weighted by atomic mass is 10.2. The van der Waals surface area contributed by atoms with Gasteiger partial charge in [-0.05, 0) is 36.6 Å².